The average molecular weight is 287 g/mol. The number of nitrogens with one attached hydrogen (secondary N) is 1. The van der Waals surface area contributed by atoms with Gasteiger partial charge in [0.1, 0.15) is 5.82 Å². The van der Waals surface area contributed by atoms with Gasteiger partial charge in [-0.25, -0.2) is 4.39 Å². The summed E-state index contributed by atoms with van der Waals surface area (Å²) in [5.74, 6) is -1.09. The van der Waals surface area contributed by atoms with Crippen molar-refractivity contribution in [1.82, 2.24) is 5.32 Å². The highest BCUT2D eigenvalue weighted by Gasteiger charge is 2.65. The van der Waals surface area contributed by atoms with E-state index in [1.54, 1.807) is 0 Å². The van der Waals surface area contributed by atoms with Gasteiger partial charge in [-0.2, -0.15) is 13.2 Å². The summed E-state index contributed by atoms with van der Waals surface area (Å²) in [5.41, 5.74) is -0.716. The molecule has 1 atom stereocenters. The summed E-state index contributed by atoms with van der Waals surface area (Å²) >= 11 is 0. The van der Waals surface area contributed by atoms with Crippen LogP contribution in [0.15, 0.2) is 18.2 Å². The van der Waals surface area contributed by atoms with Gasteiger partial charge in [0.25, 0.3) is 0 Å². The van der Waals surface area contributed by atoms with Gasteiger partial charge in [-0.15, -0.1) is 0 Å². The molecule has 1 N–H and O–H groups in total. The minimum Gasteiger partial charge on any atom is -0.352 e. The van der Waals surface area contributed by atoms with Crippen LogP contribution in [0.25, 0.3) is 0 Å². The first-order chi connectivity index (χ1) is 9.30. The Morgan fingerprint density at radius 1 is 1.30 bits per heavy atom. The van der Waals surface area contributed by atoms with Crippen molar-refractivity contribution in [1.29, 1.82) is 0 Å². The lowest BCUT2D eigenvalue weighted by Crippen LogP contribution is -2.25. The van der Waals surface area contributed by atoms with Crippen molar-refractivity contribution in [3.05, 3.63) is 35.1 Å². The maximum Gasteiger partial charge on any atom is 0.416 e. The molecule has 0 bridgehead atoms. The molecule has 1 unspecified atom stereocenters. The predicted molar refractivity (Wildman–Crippen MR) is 63.0 cm³/mol. The lowest BCUT2D eigenvalue weighted by molar-refractivity contribution is -0.137. The van der Waals surface area contributed by atoms with Gasteiger partial charge < -0.3 is 5.32 Å². The molecular weight excluding hydrogens is 274 g/mol. The van der Waals surface area contributed by atoms with Crippen LogP contribution in [0.3, 0.4) is 0 Å². The molecule has 2 aliphatic rings. The van der Waals surface area contributed by atoms with Crippen molar-refractivity contribution in [3.63, 3.8) is 0 Å². The Balaban J connectivity index is 1.65. The SMILES string of the molecule is O=C(NCc1cc(F)cc(C(F)(F)F)c1)C1CC12CC2. The van der Waals surface area contributed by atoms with E-state index in [2.05, 4.69) is 5.32 Å². The van der Waals surface area contributed by atoms with Crippen molar-refractivity contribution >= 4 is 5.91 Å². The summed E-state index contributed by atoms with van der Waals surface area (Å²) in [6.07, 6.45) is -1.60. The third-order valence-electron chi connectivity index (χ3n) is 4.15. The summed E-state index contributed by atoms with van der Waals surface area (Å²) in [6, 6.07) is 2.32. The van der Waals surface area contributed by atoms with Crippen LogP contribution in [0.4, 0.5) is 17.6 Å². The maximum atomic E-state index is 13.2. The summed E-state index contributed by atoms with van der Waals surface area (Å²) in [6.45, 7) is -0.0771. The summed E-state index contributed by atoms with van der Waals surface area (Å²) in [5, 5.41) is 2.59. The van der Waals surface area contributed by atoms with E-state index in [0.29, 0.717) is 6.07 Å². The molecule has 108 valence electrons. The molecule has 0 saturated heterocycles. The average Bonchev–Trinajstić information content (AvgIpc) is 3.25. The molecule has 0 aromatic heterocycles. The van der Waals surface area contributed by atoms with Crippen LogP contribution in [-0.2, 0) is 17.5 Å². The van der Waals surface area contributed by atoms with E-state index < -0.39 is 17.6 Å². The molecule has 1 aromatic rings. The normalized spacial score (nSPS) is 22.7. The number of rotatable bonds is 3. The van der Waals surface area contributed by atoms with E-state index in [1.807, 2.05) is 0 Å². The van der Waals surface area contributed by atoms with Gasteiger partial charge in [0.2, 0.25) is 5.91 Å². The van der Waals surface area contributed by atoms with Gasteiger partial charge in [-0.1, -0.05) is 0 Å². The Morgan fingerprint density at radius 3 is 2.55 bits per heavy atom. The van der Waals surface area contributed by atoms with Crippen molar-refractivity contribution in [3.8, 4) is 0 Å². The second-order valence-corrected chi connectivity index (χ2v) is 5.68. The quantitative estimate of drug-likeness (QED) is 0.849. The highest BCUT2D eigenvalue weighted by molar-refractivity contribution is 5.83. The minimum absolute atomic E-state index is 0.00172. The fourth-order valence-corrected chi connectivity index (χ4v) is 2.66. The van der Waals surface area contributed by atoms with E-state index >= 15 is 0 Å². The summed E-state index contributed by atoms with van der Waals surface area (Å²) < 4.78 is 50.8. The first-order valence-corrected chi connectivity index (χ1v) is 6.45. The molecular formula is C14H13F4NO. The number of carbonyl (C=O) groups is 1. The van der Waals surface area contributed by atoms with Crippen LogP contribution in [0.5, 0.6) is 0 Å². The third kappa shape index (κ3) is 2.51. The molecule has 2 aliphatic carbocycles. The van der Waals surface area contributed by atoms with Gasteiger partial charge in [0, 0.05) is 12.5 Å². The predicted octanol–water partition coefficient (Wildman–Crippen LogP) is 3.26. The molecule has 2 fully saturated rings. The molecule has 2 nitrogen and oxygen atoms in total. The number of alkyl halides is 3. The zero-order chi connectivity index (χ0) is 14.5. The van der Waals surface area contributed by atoms with Crippen molar-refractivity contribution in [2.75, 3.05) is 0 Å². The van der Waals surface area contributed by atoms with Crippen LogP contribution in [-0.4, -0.2) is 5.91 Å². The molecule has 1 aromatic carbocycles. The largest absolute Gasteiger partial charge is 0.416 e. The molecule has 0 heterocycles. The Kier molecular flexibility index (Phi) is 2.81. The second kappa shape index (κ2) is 4.20. The lowest BCUT2D eigenvalue weighted by Gasteiger charge is -2.10. The van der Waals surface area contributed by atoms with Crippen LogP contribution in [0.2, 0.25) is 0 Å². The van der Waals surface area contributed by atoms with Crippen LogP contribution in [0.1, 0.15) is 30.4 Å². The number of hydrogen-bond donors (Lipinski definition) is 1. The standard InChI is InChI=1S/C14H13F4NO/c15-10-4-8(3-9(5-10)14(16,17)18)7-19-12(20)11-6-13(11)1-2-13/h3-5,11H,1-2,6-7H2,(H,19,20). The highest BCUT2D eigenvalue weighted by atomic mass is 19.4. The van der Waals surface area contributed by atoms with E-state index in [0.717, 1.165) is 31.4 Å². The molecule has 0 radical (unpaired) electrons. The lowest BCUT2D eigenvalue weighted by atomic mass is 10.1. The summed E-state index contributed by atoms with van der Waals surface area (Å²) in [4.78, 5) is 11.8. The minimum atomic E-state index is -4.59. The first kappa shape index (κ1) is 13.4. The van der Waals surface area contributed by atoms with Gasteiger partial charge in [0.05, 0.1) is 5.56 Å². The zero-order valence-electron chi connectivity index (χ0n) is 10.6. The highest BCUT2D eigenvalue weighted by Crippen LogP contribution is 2.70. The maximum absolute atomic E-state index is 13.2. The van der Waals surface area contributed by atoms with Crippen molar-refractivity contribution in [2.45, 2.75) is 32.0 Å². The Morgan fingerprint density at radius 2 is 2.00 bits per heavy atom. The van der Waals surface area contributed by atoms with E-state index in [1.165, 1.54) is 0 Å². The van der Waals surface area contributed by atoms with E-state index in [4.69, 9.17) is 0 Å². The number of amides is 1. The smallest absolute Gasteiger partial charge is 0.352 e. The van der Waals surface area contributed by atoms with Gasteiger partial charge in [0.15, 0.2) is 0 Å². The number of carbonyl (C=O) groups excluding carboxylic acids is 1. The summed E-state index contributed by atoms with van der Waals surface area (Å²) in [7, 11) is 0. The van der Waals surface area contributed by atoms with Crippen LogP contribution >= 0.6 is 0 Å². The third-order valence-corrected chi connectivity index (χ3v) is 4.15. The molecule has 2 saturated carbocycles. The number of halogens is 4. The molecule has 3 rings (SSSR count). The van der Waals surface area contributed by atoms with Gasteiger partial charge in [-0.3, -0.25) is 4.79 Å². The fraction of sp³-hybridized carbons (Fsp3) is 0.500. The Labute approximate surface area is 113 Å². The second-order valence-electron chi connectivity index (χ2n) is 5.68. The van der Waals surface area contributed by atoms with E-state index in [-0.39, 0.29) is 29.3 Å². The van der Waals surface area contributed by atoms with Gasteiger partial charge in [-0.05, 0) is 48.4 Å². The monoisotopic (exact) mass is 287 g/mol. The number of hydrogen-bond acceptors (Lipinski definition) is 1. The number of benzene rings is 1. The Bertz CT molecular complexity index is 563. The van der Waals surface area contributed by atoms with E-state index in [9.17, 15) is 22.4 Å². The van der Waals surface area contributed by atoms with Crippen LogP contribution in [0, 0.1) is 17.2 Å². The molecule has 6 heteroatoms. The first-order valence-electron chi connectivity index (χ1n) is 6.45. The molecule has 1 spiro atoms. The Hall–Kier alpha value is -1.59. The topological polar surface area (TPSA) is 29.1 Å². The fourth-order valence-electron chi connectivity index (χ4n) is 2.66. The van der Waals surface area contributed by atoms with Crippen molar-refractivity contribution in [2.24, 2.45) is 11.3 Å². The zero-order valence-corrected chi connectivity index (χ0v) is 10.6. The molecule has 1 amide bonds. The van der Waals surface area contributed by atoms with Crippen LogP contribution < -0.4 is 5.32 Å². The van der Waals surface area contributed by atoms with Gasteiger partial charge >= 0.3 is 6.18 Å². The molecule has 0 aliphatic heterocycles. The molecule has 20 heavy (non-hydrogen) atoms. The van der Waals surface area contributed by atoms with Crippen molar-refractivity contribution < 1.29 is 22.4 Å².